The summed E-state index contributed by atoms with van der Waals surface area (Å²) in [5.41, 5.74) is 1.38. The normalized spacial score (nSPS) is 20.5. The summed E-state index contributed by atoms with van der Waals surface area (Å²) < 4.78 is 16.7. The summed E-state index contributed by atoms with van der Waals surface area (Å²) in [7, 11) is 0. The van der Waals surface area contributed by atoms with Gasteiger partial charge in [-0.1, -0.05) is 47.2 Å². The first-order valence-corrected chi connectivity index (χ1v) is 13.1. The van der Waals surface area contributed by atoms with E-state index in [1.807, 2.05) is 48.7 Å². The number of benzene rings is 2. The number of anilines is 1. The minimum Gasteiger partial charge on any atom is -0.454 e. The van der Waals surface area contributed by atoms with Crippen molar-refractivity contribution in [1.29, 1.82) is 0 Å². The molecule has 35 heavy (non-hydrogen) atoms. The van der Waals surface area contributed by atoms with E-state index in [1.165, 1.54) is 11.3 Å². The van der Waals surface area contributed by atoms with E-state index in [4.69, 9.17) is 25.8 Å². The van der Waals surface area contributed by atoms with Crippen LogP contribution in [0, 0.1) is 0 Å². The third-order valence-electron chi connectivity index (χ3n) is 6.93. The molecule has 0 spiro atoms. The van der Waals surface area contributed by atoms with E-state index < -0.39 is 5.41 Å². The Labute approximate surface area is 212 Å². The minimum absolute atomic E-state index is 0.0427. The fourth-order valence-electron chi connectivity index (χ4n) is 4.79. The van der Waals surface area contributed by atoms with Gasteiger partial charge < -0.3 is 24.8 Å². The monoisotopic (exact) mass is 511 g/mol. The van der Waals surface area contributed by atoms with E-state index >= 15 is 0 Å². The first-order chi connectivity index (χ1) is 17.1. The van der Waals surface area contributed by atoms with Crippen molar-refractivity contribution in [3.63, 3.8) is 0 Å². The van der Waals surface area contributed by atoms with Crippen LogP contribution in [0.1, 0.15) is 47.7 Å². The molecule has 2 aromatic carbocycles. The second-order valence-electron chi connectivity index (χ2n) is 9.17. The predicted molar refractivity (Wildman–Crippen MR) is 134 cm³/mol. The van der Waals surface area contributed by atoms with Crippen LogP contribution < -0.4 is 20.1 Å². The zero-order chi connectivity index (χ0) is 23.8. The number of aromatic nitrogens is 1. The Bertz CT molecular complexity index is 1240. The third-order valence-corrected chi connectivity index (χ3v) is 8.25. The van der Waals surface area contributed by atoms with Gasteiger partial charge in [0.25, 0.3) is 0 Å². The van der Waals surface area contributed by atoms with Crippen molar-refractivity contribution >= 4 is 34.0 Å². The molecule has 2 fully saturated rings. The fourth-order valence-corrected chi connectivity index (χ4v) is 5.94. The molecule has 2 N–H and O–H groups in total. The van der Waals surface area contributed by atoms with Crippen LogP contribution in [0.2, 0.25) is 5.02 Å². The van der Waals surface area contributed by atoms with Gasteiger partial charge in [-0.05, 0) is 55.0 Å². The van der Waals surface area contributed by atoms with E-state index in [9.17, 15) is 4.79 Å². The molecule has 0 bridgehead atoms. The number of hydrogen-bond acceptors (Lipinski definition) is 7. The summed E-state index contributed by atoms with van der Waals surface area (Å²) in [5, 5.41) is 7.94. The SMILES string of the molecule is O=C(Nc1ncc(C(NC[C@@H]2CCCO2)c2ccccc2Cl)s1)C1(c2ccc3c(c2)OCO3)CC1. The van der Waals surface area contributed by atoms with E-state index in [0.29, 0.717) is 15.9 Å². The maximum atomic E-state index is 13.3. The van der Waals surface area contributed by atoms with Gasteiger partial charge in [0, 0.05) is 29.2 Å². The second-order valence-corrected chi connectivity index (χ2v) is 10.6. The van der Waals surface area contributed by atoms with E-state index in [0.717, 1.165) is 60.6 Å². The first kappa shape index (κ1) is 22.8. The van der Waals surface area contributed by atoms with Crippen LogP contribution in [-0.4, -0.2) is 36.9 Å². The van der Waals surface area contributed by atoms with Gasteiger partial charge in [-0.25, -0.2) is 4.98 Å². The number of thiazole rings is 1. The Kier molecular flexibility index (Phi) is 6.14. The Balaban J connectivity index is 1.20. The zero-order valence-electron chi connectivity index (χ0n) is 19.1. The number of carbonyl (C=O) groups excluding carboxylic acids is 1. The van der Waals surface area contributed by atoms with Gasteiger partial charge in [-0.2, -0.15) is 0 Å². The lowest BCUT2D eigenvalue weighted by atomic mass is 9.94. The zero-order valence-corrected chi connectivity index (χ0v) is 20.7. The number of halogens is 1. The summed E-state index contributed by atoms with van der Waals surface area (Å²) in [4.78, 5) is 18.8. The van der Waals surface area contributed by atoms with E-state index in [-0.39, 0.29) is 24.8 Å². The molecular weight excluding hydrogens is 486 g/mol. The molecule has 1 aromatic heterocycles. The highest BCUT2D eigenvalue weighted by atomic mass is 35.5. The highest BCUT2D eigenvalue weighted by molar-refractivity contribution is 7.15. The number of nitrogens with one attached hydrogen (secondary N) is 2. The number of carbonyl (C=O) groups is 1. The van der Waals surface area contributed by atoms with Gasteiger partial charge >= 0.3 is 0 Å². The quantitative estimate of drug-likeness (QED) is 0.440. The standard InChI is InChI=1S/C26H26ClN3O4S/c27-19-6-2-1-5-18(19)23(28-13-17-4-3-11-32-17)22-14-29-25(35-22)30-24(31)26(9-10-26)16-7-8-20-21(12-16)34-15-33-20/h1-2,5-8,12,14,17,23,28H,3-4,9-11,13,15H2,(H,29,30,31)/t17-,23?/m0/s1. The van der Waals surface area contributed by atoms with Gasteiger partial charge in [0.15, 0.2) is 16.6 Å². The molecule has 2 aliphatic heterocycles. The number of ether oxygens (including phenoxy) is 3. The summed E-state index contributed by atoms with van der Waals surface area (Å²) in [5.74, 6) is 1.37. The Morgan fingerprint density at radius 1 is 1.20 bits per heavy atom. The second kappa shape index (κ2) is 9.43. The molecule has 9 heteroatoms. The maximum absolute atomic E-state index is 13.3. The van der Waals surface area contributed by atoms with Crippen LogP contribution in [0.3, 0.4) is 0 Å². The van der Waals surface area contributed by atoms with Gasteiger partial charge in [-0.15, -0.1) is 0 Å². The van der Waals surface area contributed by atoms with Crippen molar-refractivity contribution in [1.82, 2.24) is 10.3 Å². The molecule has 3 aliphatic rings. The van der Waals surface area contributed by atoms with Crippen molar-refractivity contribution in [2.24, 2.45) is 0 Å². The number of amides is 1. The summed E-state index contributed by atoms with van der Waals surface area (Å²) in [6, 6.07) is 13.4. The smallest absolute Gasteiger partial charge is 0.236 e. The Hall–Kier alpha value is -2.65. The molecule has 6 rings (SSSR count). The van der Waals surface area contributed by atoms with Crippen molar-refractivity contribution < 1.29 is 19.0 Å². The number of hydrogen-bond donors (Lipinski definition) is 2. The fraction of sp³-hybridized carbons (Fsp3) is 0.385. The van der Waals surface area contributed by atoms with Crippen molar-refractivity contribution in [3.05, 3.63) is 69.7 Å². The molecule has 182 valence electrons. The van der Waals surface area contributed by atoms with Crippen molar-refractivity contribution in [2.75, 3.05) is 25.3 Å². The van der Waals surface area contributed by atoms with Gasteiger partial charge in [0.1, 0.15) is 0 Å². The van der Waals surface area contributed by atoms with Crippen molar-refractivity contribution in [3.8, 4) is 11.5 Å². The molecule has 2 atom stereocenters. The lowest BCUT2D eigenvalue weighted by Crippen LogP contribution is -2.30. The number of fused-ring (bicyclic) bond motifs is 1. The van der Waals surface area contributed by atoms with Gasteiger partial charge in [-0.3, -0.25) is 4.79 Å². The number of rotatable bonds is 8. The average Bonchev–Trinajstić information content (AvgIpc) is 3.23. The Morgan fingerprint density at radius 3 is 2.86 bits per heavy atom. The molecule has 3 heterocycles. The Morgan fingerprint density at radius 2 is 2.06 bits per heavy atom. The van der Waals surface area contributed by atoms with Crippen LogP contribution in [0.4, 0.5) is 5.13 Å². The van der Waals surface area contributed by atoms with Gasteiger partial charge in [0.2, 0.25) is 12.7 Å². The molecule has 1 saturated heterocycles. The topological polar surface area (TPSA) is 81.7 Å². The molecular formula is C26H26ClN3O4S. The molecule has 1 amide bonds. The highest BCUT2D eigenvalue weighted by Crippen LogP contribution is 2.51. The molecule has 0 radical (unpaired) electrons. The van der Waals surface area contributed by atoms with Crippen LogP contribution >= 0.6 is 22.9 Å². The predicted octanol–water partition coefficient (Wildman–Crippen LogP) is 5.05. The van der Waals surface area contributed by atoms with Gasteiger partial charge in [0.05, 0.1) is 17.6 Å². The first-order valence-electron chi connectivity index (χ1n) is 11.9. The van der Waals surface area contributed by atoms with Crippen LogP contribution in [-0.2, 0) is 14.9 Å². The van der Waals surface area contributed by atoms with Crippen LogP contribution in [0.15, 0.2) is 48.7 Å². The molecule has 1 aliphatic carbocycles. The lowest BCUT2D eigenvalue weighted by molar-refractivity contribution is -0.118. The molecule has 1 unspecified atom stereocenters. The van der Waals surface area contributed by atoms with E-state index in [2.05, 4.69) is 15.6 Å². The maximum Gasteiger partial charge on any atom is 0.236 e. The van der Waals surface area contributed by atoms with Crippen molar-refractivity contribution in [2.45, 2.75) is 43.2 Å². The molecule has 1 saturated carbocycles. The third kappa shape index (κ3) is 4.51. The molecule has 7 nitrogen and oxygen atoms in total. The summed E-state index contributed by atoms with van der Waals surface area (Å²) in [6.07, 6.45) is 5.74. The average molecular weight is 512 g/mol. The molecule has 3 aromatic rings. The van der Waals surface area contributed by atoms with E-state index in [1.54, 1.807) is 0 Å². The van der Waals surface area contributed by atoms with Crippen LogP contribution in [0.5, 0.6) is 11.5 Å². The summed E-state index contributed by atoms with van der Waals surface area (Å²) in [6.45, 7) is 1.75. The summed E-state index contributed by atoms with van der Waals surface area (Å²) >= 11 is 8.02. The number of nitrogens with zero attached hydrogens (tertiary/aromatic N) is 1. The highest BCUT2D eigenvalue weighted by Gasteiger charge is 2.52. The van der Waals surface area contributed by atoms with Crippen LogP contribution in [0.25, 0.3) is 0 Å². The minimum atomic E-state index is -0.549. The lowest BCUT2D eigenvalue weighted by Gasteiger charge is -2.21. The largest absolute Gasteiger partial charge is 0.454 e.